The quantitative estimate of drug-likeness (QED) is 0.699. The number of nitrogens with zero attached hydrogens (tertiary/aromatic N) is 2. The molecule has 0 amide bonds. The monoisotopic (exact) mass is 197 g/mol. The molecule has 14 heavy (non-hydrogen) atoms. The highest BCUT2D eigenvalue weighted by molar-refractivity contribution is 5.00. The standard InChI is InChI=1S/C11H23N3/c1-10(12-2)6-14-5-4-11(9-14)7-13(3)8-11/h10,12H,4-9H2,1-3H3/t10-/m0/s1. The summed E-state index contributed by atoms with van der Waals surface area (Å²) in [5.74, 6) is 0. The first-order valence-corrected chi connectivity index (χ1v) is 5.72. The van der Waals surface area contributed by atoms with E-state index in [1.54, 1.807) is 0 Å². The maximum atomic E-state index is 3.31. The van der Waals surface area contributed by atoms with Crippen molar-refractivity contribution in [3.63, 3.8) is 0 Å². The van der Waals surface area contributed by atoms with Gasteiger partial charge in [0.05, 0.1) is 0 Å². The lowest BCUT2D eigenvalue weighted by Crippen LogP contribution is -2.55. The number of hydrogen-bond acceptors (Lipinski definition) is 3. The van der Waals surface area contributed by atoms with Gasteiger partial charge in [-0.15, -0.1) is 0 Å². The Balaban J connectivity index is 1.78. The zero-order valence-corrected chi connectivity index (χ0v) is 9.71. The number of likely N-dealkylation sites (tertiary alicyclic amines) is 2. The molecule has 82 valence electrons. The maximum Gasteiger partial charge on any atom is 0.0163 e. The highest BCUT2D eigenvalue weighted by Gasteiger charge is 2.45. The average molecular weight is 197 g/mol. The molecule has 2 fully saturated rings. The molecule has 0 aromatic carbocycles. The highest BCUT2D eigenvalue weighted by Crippen LogP contribution is 2.38. The van der Waals surface area contributed by atoms with Gasteiger partial charge in [0.1, 0.15) is 0 Å². The molecule has 2 saturated heterocycles. The third-order valence-electron chi connectivity index (χ3n) is 3.75. The van der Waals surface area contributed by atoms with Crippen LogP contribution in [0, 0.1) is 5.41 Å². The van der Waals surface area contributed by atoms with Gasteiger partial charge < -0.3 is 15.1 Å². The normalized spacial score (nSPS) is 29.4. The van der Waals surface area contributed by atoms with Gasteiger partial charge in [-0.25, -0.2) is 0 Å². The lowest BCUT2D eigenvalue weighted by molar-refractivity contribution is 0.0302. The molecule has 0 aliphatic carbocycles. The van der Waals surface area contributed by atoms with E-state index in [0.29, 0.717) is 11.5 Å². The van der Waals surface area contributed by atoms with Crippen LogP contribution in [0.1, 0.15) is 13.3 Å². The van der Waals surface area contributed by atoms with Crippen LogP contribution in [0.4, 0.5) is 0 Å². The molecule has 1 spiro atoms. The fourth-order valence-corrected chi connectivity index (χ4v) is 3.02. The third kappa shape index (κ3) is 1.95. The molecule has 2 aliphatic heterocycles. The van der Waals surface area contributed by atoms with Crippen molar-refractivity contribution in [2.75, 3.05) is 46.8 Å². The summed E-state index contributed by atoms with van der Waals surface area (Å²) in [5.41, 5.74) is 0.669. The predicted octanol–water partition coefficient (Wildman–Crippen LogP) is 0.232. The van der Waals surface area contributed by atoms with Crippen molar-refractivity contribution in [1.82, 2.24) is 15.1 Å². The van der Waals surface area contributed by atoms with Crippen molar-refractivity contribution in [2.45, 2.75) is 19.4 Å². The molecule has 0 radical (unpaired) electrons. The molecule has 3 heteroatoms. The predicted molar refractivity (Wildman–Crippen MR) is 59.5 cm³/mol. The second kappa shape index (κ2) is 3.80. The number of nitrogens with one attached hydrogen (secondary N) is 1. The minimum atomic E-state index is 0.628. The molecule has 2 rings (SSSR count). The fourth-order valence-electron chi connectivity index (χ4n) is 3.02. The van der Waals surface area contributed by atoms with Gasteiger partial charge in [0, 0.05) is 37.6 Å². The lowest BCUT2D eigenvalue weighted by Gasteiger charge is -2.46. The summed E-state index contributed by atoms with van der Waals surface area (Å²) in [7, 11) is 4.28. The van der Waals surface area contributed by atoms with E-state index >= 15 is 0 Å². The minimum Gasteiger partial charge on any atom is -0.316 e. The van der Waals surface area contributed by atoms with Gasteiger partial charge in [0.2, 0.25) is 0 Å². The van der Waals surface area contributed by atoms with Gasteiger partial charge in [-0.1, -0.05) is 0 Å². The summed E-state index contributed by atoms with van der Waals surface area (Å²) in [4.78, 5) is 5.05. The van der Waals surface area contributed by atoms with Gasteiger partial charge in [-0.2, -0.15) is 0 Å². The zero-order valence-electron chi connectivity index (χ0n) is 9.71. The fraction of sp³-hybridized carbons (Fsp3) is 1.00. The first-order valence-electron chi connectivity index (χ1n) is 5.72. The van der Waals surface area contributed by atoms with E-state index in [9.17, 15) is 0 Å². The Hall–Kier alpha value is -0.120. The van der Waals surface area contributed by atoms with Crippen molar-refractivity contribution in [2.24, 2.45) is 5.41 Å². The van der Waals surface area contributed by atoms with Gasteiger partial charge in [0.25, 0.3) is 0 Å². The van der Waals surface area contributed by atoms with Crippen LogP contribution in [0.3, 0.4) is 0 Å². The maximum absolute atomic E-state index is 3.31. The topological polar surface area (TPSA) is 18.5 Å². The van der Waals surface area contributed by atoms with Crippen LogP contribution in [-0.2, 0) is 0 Å². The van der Waals surface area contributed by atoms with Crippen molar-refractivity contribution in [1.29, 1.82) is 0 Å². The van der Waals surface area contributed by atoms with E-state index in [2.05, 4.69) is 29.1 Å². The van der Waals surface area contributed by atoms with Crippen LogP contribution in [-0.4, -0.2) is 62.7 Å². The third-order valence-corrected chi connectivity index (χ3v) is 3.75. The minimum absolute atomic E-state index is 0.628. The van der Waals surface area contributed by atoms with Crippen molar-refractivity contribution in [3.8, 4) is 0 Å². The number of hydrogen-bond donors (Lipinski definition) is 1. The van der Waals surface area contributed by atoms with E-state index in [4.69, 9.17) is 0 Å². The molecule has 1 atom stereocenters. The van der Waals surface area contributed by atoms with Crippen molar-refractivity contribution in [3.05, 3.63) is 0 Å². The molecule has 0 aromatic rings. The van der Waals surface area contributed by atoms with E-state index < -0.39 is 0 Å². The summed E-state index contributed by atoms with van der Waals surface area (Å²) in [6.07, 6.45) is 1.41. The van der Waals surface area contributed by atoms with Crippen LogP contribution in [0.2, 0.25) is 0 Å². The molecule has 0 bridgehead atoms. The Labute approximate surface area is 87.4 Å². The van der Waals surface area contributed by atoms with Crippen molar-refractivity contribution < 1.29 is 0 Å². The zero-order chi connectivity index (χ0) is 10.2. The number of likely N-dealkylation sites (N-methyl/N-ethyl adjacent to an activating group) is 1. The van der Waals surface area contributed by atoms with Crippen LogP contribution in [0.15, 0.2) is 0 Å². The molecule has 2 heterocycles. The molecule has 2 aliphatic rings. The lowest BCUT2D eigenvalue weighted by atomic mass is 9.79. The molecular weight excluding hydrogens is 174 g/mol. The van der Waals surface area contributed by atoms with E-state index in [-0.39, 0.29) is 0 Å². The summed E-state index contributed by atoms with van der Waals surface area (Å²) in [6, 6.07) is 0.628. The SMILES string of the molecule is CN[C@@H](C)CN1CCC2(CN(C)C2)C1. The Bertz CT molecular complexity index is 199. The Morgan fingerprint density at radius 3 is 2.64 bits per heavy atom. The first kappa shape index (κ1) is 10.4. The van der Waals surface area contributed by atoms with E-state index in [1.165, 1.54) is 39.1 Å². The number of rotatable bonds is 3. The van der Waals surface area contributed by atoms with Crippen LogP contribution in [0.5, 0.6) is 0 Å². The molecule has 0 aromatic heterocycles. The van der Waals surface area contributed by atoms with Gasteiger partial charge in [0.15, 0.2) is 0 Å². The second-order valence-corrected chi connectivity index (χ2v) is 5.35. The van der Waals surface area contributed by atoms with E-state index in [1.807, 2.05) is 7.05 Å². The van der Waals surface area contributed by atoms with Crippen molar-refractivity contribution >= 4 is 0 Å². The molecule has 0 saturated carbocycles. The first-order chi connectivity index (χ1) is 6.63. The van der Waals surface area contributed by atoms with Crippen LogP contribution < -0.4 is 5.32 Å². The van der Waals surface area contributed by atoms with E-state index in [0.717, 1.165) is 0 Å². The van der Waals surface area contributed by atoms with Gasteiger partial charge in [-0.3, -0.25) is 0 Å². The summed E-state index contributed by atoms with van der Waals surface area (Å²) < 4.78 is 0. The Morgan fingerprint density at radius 2 is 2.07 bits per heavy atom. The summed E-state index contributed by atoms with van der Waals surface area (Å²) >= 11 is 0. The smallest absolute Gasteiger partial charge is 0.0163 e. The molecule has 1 N–H and O–H groups in total. The molecule has 0 unspecified atom stereocenters. The van der Waals surface area contributed by atoms with Crippen LogP contribution >= 0.6 is 0 Å². The largest absolute Gasteiger partial charge is 0.316 e. The van der Waals surface area contributed by atoms with Gasteiger partial charge in [-0.05, 0) is 34.0 Å². The molecule has 3 nitrogen and oxygen atoms in total. The Kier molecular flexibility index (Phi) is 2.82. The summed E-state index contributed by atoms with van der Waals surface area (Å²) in [5, 5.41) is 3.31. The summed E-state index contributed by atoms with van der Waals surface area (Å²) in [6.45, 7) is 8.73. The second-order valence-electron chi connectivity index (χ2n) is 5.35. The molecular formula is C11H23N3. The Morgan fingerprint density at radius 1 is 1.36 bits per heavy atom. The highest BCUT2D eigenvalue weighted by atomic mass is 15.3. The van der Waals surface area contributed by atoms with Gasteiger partial charge >= 0.3 is 0 Å². The average Bonchev–Trinajstić information content (AvgIpc) is 2.48. The van der Waals surface area contributed by atoms with Crippen LogP contribution in [0.25, 0.3) is 0 Å².